The van der Waals surface area contributed by atoms with Crippen molar-refractivity contribution < 1.29 is 22.0 Å². The molecule has 0 N–H and O–H groups in total. The Morgan fingerprint density at radius 2 is 1.63 bits per heavy atom. The minimum atomic E-state index is -4.43. The van der Waals surface area contributed by atoms with E-state index in [1.54, 1.807) is 6.07 Å². The summed E-state index contributed by atoms with van der Waals surface area (Å²) in [6, 6.07) is 13.1. The predicted octanol–water partition coefficient (Wildman–Crippen LogP) is 4.92. The van der Waals surface area contributed by atoms with E-state index < -0.39 is 33.4 Å². The molecule has 0 spiro atoms. The van der Waals surface area contributed by atoms with Crippen molar-refractivity contribution in [2.24, 2.45) is 0 Å². The van der Waals surface area contributed by atoms with Crippen molar-refractivity contribution in [3.63, 3.8) is 0 Å². The van der Waals surface area contributed by atoms with E-state index in [9.17, 15) is 22.0 Å². The minimum absolute atomic E-state index is 0.0757. The van der Waals surface area contributed by atoms with Crippen LogP contribution in [0.1, 0.15) is 16.7 Å². The lowest BCUT2D eigenvalue weighted by Gasteiger charge is -2.36. The molecule has 0 fully saturated rings. The average molecular weight is 428 g/mol. The Hall–Kier alpha value is -3.26. The molecular formula is C22H18F2N2O3S. The highest BCUT2D eigenvalue weighted by Crippen LogP contribution is 2.39. The van der Waals surface area contributed by atoms with E-state index in [1.807, 2.05) is 32.0 Å². The zero-order valence-electron chi connectivity index (χ0n) is 16.3. The second-order valence-electron chi connectivity index (χ2n) is 7.13. The van der Waals surface area contributed by atoms with Crippen LogP contribution in [0, 0.1) is 25.5 Å². The molecule has 0 bridgehead atoms. The van der Waals surface area contributed by atoms with Crippen molar-refractivity contribution in [1.82, 2.24) is 0 Å². The number of hydrogen-bond donors (Lipinski definition) is 0. The second kappa shape index (κ2) is 7.21. The van der Waals surface area contributed by atoms with Gasteiger partial charge in [-0.1, -0.05) is 35.9 Å². The van der Waals surface area contributed by atoms with Crippen molar-refractivity contribution in [3.05, 3.63) is 89.0 Å². The Balaban J connectivity index is 1.92. The maximum atomic E-state index is 14.5. The molecule has 4 rings (SSSR count). The summed E-state index contributed by atoms with van der Waals surface area (Å²) in [5.41, 5.74) is 2.26. The first kappa shape index (κ1) is 20.0. The predicted molar refractivity (Wildman–Crippen MR) is 110 cm³/mol. The van der Waals surface area contributed by atoms with E-state index in [0.29, 0.717) is 10.4 Å². The van der Waals surface area contributed by atoms with Gasteiger partial charge < -0.3 is 0 Å². The molecule has 154 valence electrons. The first-order valence-electron chi connectivity index (χ1n) is 9.17. The summed E-state index contributed by atoms with van der Waals surface area (Å²) >= 11 is 0. The van der Waals surface area contributed by atoms with Crippen molar-refractivity contribution >= 4 is 27.4 Å². The minimum Gasteiger partial charge on any atom is -0.287 e. The molecule has 0 aromatic heterocycles. The maximum absolute atomic E-state index is 14.5. The number of carbonyl (C=O) groups excluding carboxylic acids is 1. The lowest BCUT2D eigenvalue weighted by Crippen LogP contribution is -2.51. The number of halogens is 2. The van der Waals surface area contributed by atoms with Crippen LogP contribution in [0.25, 0.3) is 0 Å². The van der Waals surface area contributed by atoms with Gasteiger partial charge >= 0.3 is 6.03 Å². The summed E-state index contributed by atoms with van der Waals surface area (Å²) in [7, 11) is -4.43. The van der Waals surface area contributed by atoms with Gasteiger partial charge in [-0.3, -0.25) is 4.90 Å². The first-order valence-corrected chi connectivity index (χ1v) is 10.6. The molecule has 0 saturated heterocycles. The van der Waals surface area contributed by atoms with E-state index >= 15 is 0 Å². The third-order valence-corrected chi connectivity index (χ3v) is 6.77. The van der Waals surface area contributed by atoms with Crippen molar-refractivity contribution in [1.29, 1.82) is 0 Å². The number of carbonyl (C=O) groups is 1. The third-order valence-electron chi connectivity index (χ3n) is 5.04. The van der Waals surface area contributed by atoms with Gasteiger partial charge in [0.05, 0.1) is 12.2 Å². The number of rotatable bonds is 3. The third kappa shape index (κ3) is 3.23. The van der Waals surface area contributed by atoms with Gasteiger partial charge in [-0.15, -0.1) is 0 Å². The number of nitrogens with zero attached hydrogens (tertiary/aromatic N) is 2. The highest BCUT2D eigenvalue weighted by atomic mass is 32.2. The zero-order chi connectivity index (χ0) is 21.6. The molecule has 2 amide bonds. The topological polar surface area (TPSA) is 57.7 Å². The van der Waals surface area contributed by atoms with E-state index in [1.165, 1.54) is 23.1 Å². The van der Waals surface area contributed by atoms with Gasteiger partial charge in [0.25, 0.3) is 10.0 Å². The Morgan fingerprint density at radius 3 is 2.40 bits per heavy atom. The average Bonchev–Trinajstić information content (AvgIpc) is 2.70. The summed E-state index contributed by atoms with van der Waals surface area (Å²) in [5, 5.41) is 0. The standard InChI is InChI=1S/C22H18F2N2O3S/c1-14-7-8-15(2)16(11-14)13-25-19-5-3-4-6-21(19)30(28,29)26(22(25)27)20-12-17(23)9-10-18(20)24/h3-12H,13H2,1-2H3. The molecule has 3 aromatic rings. The van der Waals surface area contributed by atoms with Crippen LogP contribution in [0.4, 0.5) is 25.0 Å². The summed E-state index contributed by atoms with van der Waals surface area (Å²) in [6.45, 7) is 3.87. The SMILES string of the molecule is Cc1ccc(C)c(CN2C(=O)N(c3cc(F)ccc3F)S(=O)(=O)c3ccccc32)c1. The highest BCUT2D eigenvalue weighted by Gasteiger charge is 2.43. The highest BCUT2D eigenvalue weighted by molar-refractivity contribution is 7.94. The van der Waals surface area contributed by atoms with Crippen LogP contribution < -0.4 is 9.21 Å². The molecule has 0 radical (unpaired) electrons. The molecule has 0 unspecified atom stereocenters. The molecule has 1 aliphatic rings. The molecule has 8 heteroatoms. The monoisotopic (exact) mass is 428 g/mol. The number of urea groups is 1. The number of amides is 2. The summed E-state index contributed by atoms with van der Waals surface area (Å²) < 4.78 is 55.0. The molecular weight excluding hydrogens is 410 g/mol. The van der Waals surface area contributed by atoms with Crippen molar-refractivity contribution in [3.8, 4) is 0 Å². The quantitative estimate of drug-likeness (QED) is 0.595. The molecule has 0 saturated carbocycles. The summed E-state index contributed by atoms with van der Waals surface area (Å²) in [4.78, 5) is 14.5. The zero-order valence-corrected chi connectivity index (χ0v) is 17.1. The molecule has 1 aliphatic heterocycles. The van der Waals surface area contributed by atoms with Gasteiger partial charge in [0, 0.05) is 6.07 Å². The molecule has 3 aromatic carbocycles. The van der Waals surface area contributed by atoms with Gasteiger partial charge in [-0.05, 0) is 49.2 Å². The van der Waals surface area contributed by atoms with Crippen LogP contribution >= 0.6 is 0 Å². The fourth-order valence-corrected chi connectivity index (χ4v) is 5.07. The van der Waals surface area contributed by atoms with Crippen LogP contribution in [0.2, 0.25) is 0 Å². The maximum Gasteiger partial charge on any atom is 0.343 e. The normalized spacial score (nSPS) is 15.3. The molecule has 5 nitrogen and oxygen atoms in total. The van der Waals surface area contributed by atoms with E-state index in [2.05, 4.69) is 0 Å². The molecule has 0 atom stereocenters. The smallest absolute Gasteiger partial charge is 0.287 e. The number of anilines is 2. The first-order chi connectivity index (χ1) is 14.2. The van der Waals surface area contributed by atoms with Crippen molar-refractivity contribution in [2.75, 3.05) is 9.21 Å². The number of benzene rings is 3. The van der Waals surface area contributed by atoms with E-state index in [-0.39, 0.29) is 17.1 Å². The Morgan fingerprint density at radius 1 is 0.900 bits per heavy atom. The summed E-state index contributed by atoms with van der Waals surface area (Å²) in [5.74, 6) is -1.87. The fourth-order valence-electron chi connectivity index (χ4n) is 3.48. The Labute approximate surface area is 173 Å². The number of fused-ring (bicyclic) bond motifs is 1. The number of sulfonamides is 1. The largest absolute Gasteiger partial charge is 0.343 e. The van der Waals surface area contributed by atoms with Crippen LogP contribution in [-0.4, -0.2) is 14.4 Å². The molecule has 1 heterocycles. The van der Waals surface area contributed by atoms with Crippen LogP contribution in [0.15, 0.2) is 65.6 Å². The van der Waals surface area contributed by atoms with Gasteiger partial charge in [0.2, 0.25) is 0 Å². The number of para-hydroxylation sites is 1. The van der Waals surface area contributed by atoms with E-state index in [0.717, 1.165) is 28.8 Å². The van der Waals surface area contributed by atoms with Crippen molar-refractivity contribution in [2.45, 2.75) is 25.3 Å². The van der Waals surface area contributed by atoms with Crippen LogP contribution in [-0.2, 0) is 16.6 Å². The van der Waals surface area contributed by atoms with Gasteiger partial charge in [0.15, 0.2) is 0 Å². The van der Waals surface area contributed by atoms with Gasteiger partial charge in [-0.2, -0.15) is 4.31 Å². The van der Waals surface area contributed by atoms with Gasteiger partial charge in [-0.25, -0.2) is 22.0 Å². The molecule has 0 aliphatic carbocycles. The fraction of sp³-hybridized carbons (Fsp3) is 0.136. The van der Waals surface area contributed by atoms with Gasteiger partial charge in [0.1, 0.15) is 22.2 Å². The lowest BCUT2D eigenvalue weighted by molar-refractivity contribution is 0.253. The van der Waals surface area contributed by atoms with E-state index in [4.69, 9.17) is 0 Å². The Kier molecular flexibility index (Phi) is 4.82. The molecule has 30 heavy (non-hydrogen) atoms. The summed E-state index contributed by atoms with van der Waals surface area (Å²) in [6.07, 6.45) is 0. The lowest BCUT2D eigenvalue weighted by atomic mass is 10.0. The van der Waals surface area contributed by atoms with Crippen LogP contribution in [0.3, 0.4) is 0 Å². The number of aryl methyl sites for hydroxylation is 2. The number of hydrogen-bond acceptors (Lipinski definition) is 3. The second-order valence-corrected chi connectivity index (χ2v) is 8.89. The van der Waals surface area contributed by atoms with Crippen LogP contribution in [0.5, 0.6) is 0 Å². The Bertz CT molecular complexity index is 1280.